The van der Waals surface area contributed by atoms with Crippen molar-refractivity contribution >= 4 is 112 Å². The van der Waals surface area contributed by atoms with E-state index in [0.717, 1.165) is 86.9 Å². The Balaban J connectivity index is 0.932. The molecule has 0 unspecified atom stereocenters. The second kappa shape index (κ2) is 29.5. The van der Waals surface area contributed by atoms with Gasteiger partial charge in [-0.15, -0.1) is 0 Å². The van der Waals surface area contributed by atoms with Gasteiger partial charge in [-0.1, -0.05) is 69.6 Å². The lowest BCUT2D eigenvalue weighted by atomic mass is 10.1. The average Bonchev–Trinajstić information content (AvgIpc) is 1.06. The number of phosphoric acid groups is 1. The van der Waals surface area contributed by atoms with Crippen molar-refractivity contribution in [2.45, 2.75) is 20.2 Å². The molecular weight excluding hydrogens is 1360 g/mol. The maximum atomic E-state index is 14.6. The molecule has 3 amide bonds. The SMILES string of the molecule is COc1cc(F)ccc1Oc1cc(Cl)c(Cl)cc1C(=O)Nc1ccn(COP(=O)(OCn2ccc(NC(=O)c3cc(Cl)c(Cl)cc3Oc3ccc(F)cc3OC)cc2=O)OCn2ccc(NC(=O)c3cc(Cl)c(Cl)cc3Oc3ccc(F)cc3OC)cc2=O)c(=O)c1. The van der Waals surface area contributed by atoms with Crippen LogP contribution >= 0.6 is 77.4 Å². The molecule has 9 rings (SSSR count). The monoisotopic (exact) mass is 1400 g/mol. The molecule has 0 spiro atoms. The molecule has 9 aromatic rings. The standard InChI is InChI=1S/C60H42Cl6F3N6O16P/c1-83-52-16-31(67)4-7-46(52)89-49-25-43(64)40(61)22-37(49)58(79)70-34-10-13-73(55(76)19-34)28-86-92(82,87-29-74-14-11-35(20-56(74)77)71-59(80)38-23-41(62)44(65)26-50(38)90-47-8-5-32(68)17-53(47)84-2)88-30-75-15-12-36(21-57(75)78)72-60(81)39-24-42(63)45(66)27-51(39)91-48-9-6-33(69)18-54(48)85-3/h4-27H,28-30H2,1-3H3,(H,70,79)(H,71,80)(H,72,81). The van der Waals surface area contributed by atoms with Crippen molar-refractivity contribution in [2.75, 3.05) is 37.3 Å². The minimum absolute atomic E-state index is 0.00362. The van der Waals surface area contributed by atoms with Gasteiger partial charge in [0.25, 0.3) is 34.4 Å². The Morgan fingerprint density at radius 2 is 0.641 bits per heavy atom. The summed E-state index contributed by atoms with van der Waals surface area (Å²) >= 11 is 37.6. The van der Waals surface area contributed by atoms with Gasteiger partial charge in [0.2, 0.25) is 0 Å². The lowest BCUT2D eigenvalue weighted by Crippen LogP contribution is -2.24. The number of aromatic nitrogens is 3. The quantitative estimate of drug-likeness (QED) is 0.0475. The third-order valence-corrected chi connectivity index (χ3v) is 16.1. The van der Waals surface area contributed by atoms with E-state index in [9.17, 15) is 46.5 Å². The largest absolute Gasteiger partial charge is 0.493 e. The molecule has 0 saturated carbocycles. The Hall–Kier alpha value is -8.98. The zero-order valence-electron chi connectivity index (χ0n) is 47.2. The lowest BCUT2D eigenvalue weighted by molar-refractivity contribution is 0.0516. The van der Waals surface area contributed by atoms with Gasteiger partial charge < -0.3 is 44.4 Å². The summed E-state index contributed by atoms with van der Waals surface area (Å²) in [5, 5.41) is 7.48. The highest BCUT2D eigenvalue weighted by Crippen LogP contribution is 2.50. The summed E-state index contributed by atoms with van der Waals surface area (Å²) in [5.41, 5.74) is -3.32. The minimum Gasteiger partial charge on any atom is -0.493 e. The molecule has 32 heteroatoms. The molecule has 6 aromatic carbocycles. The molecule has 0 radical (unpaired) electrons. The topological polar surface area (TPSA) is 253 Å². The number of carbonyl (C=O) groups excluding carboxylic acids is 3. The van der Waals surface area contributed by atoms with Gasteiger partial charge in [0.1, 0.15) is 54.9 Å². The number of anilines is 3. The highest BCUT2D eigenvalue weighted by atomic mass is 35.5. The van der Waals surface area contributed by atoms with Crippen LogP contribution in [0.4, 0.5) is 30.2 Å². The number of nitrogens with one attached hydrogen (secondary N) is 3. The fourth-order valence-corrected chi connectivity index (χ4v) is 10.1. The summed E-state index contributed by atoms with van der Waals surface area (Å²) in [4.78, 5) is 82.0. The van der Waals surface area contributed by atoms with Crippen molar-refractivity contribution < 1.29 is 74.1 Å². The highest BCUT2D eigenvalue weighted by molar-refractivity contribution is 7.48. The van der Waals surface area contributed by atoms with Crippen LogP contribution in [0.15, 0.2) is 160 Å². The number of hydrogen-bond acceptors (Lipinski definition) is 16. The fourth-order valence-electron chi connectivity index (χ4n) is 8.09. The van der Waals surface area contributed by atoms with Crippen molar-refractivity contribution in [1.29, 1.82) is 0 Å². The Morgan fingerprint density at radius 1 is 0.380 bits per heavy atom. The molecule has 22 nitrogen and oxygen atoms in total. The van der Waals surface area contributed by atoms with Crippen molar-refractivity contribution in [2.24, 2.45) is 0 Å². The van der Waals surface area contributed by atoms with Gasteiger partial charge >= 0.3 is 7.82 Å². The van der Waals surface area contributed by atoms with Crippen LogP contribution in [-0.4, -0.2) is 52.8 Å². The molecule has 3 N–H and O–H groups in total. The number of halogens is 9. The van der Waals surface area contributed by atoms with Crippen LogP contribution in [0.2, 0.25) is 30.1 Å². The third kappa shape index (κ3) is 16.6. The second-order valence-corrected chi connectivity index (χ2v) is 22.8. The first kappa shape index (κ1) is 67.4. The van der Waals surface area contributed by atoms with Gasteiger partial charge in [-0.25, -0.2) is 17.7 Å². The van der Waals surface area contributed by atoms with Crippen LogP contribution in [0.5, 0.6) is 51.7 Å². The van der Waals surface area contributed by atoms with Gasteiger partial charge in [-0.3, -0.25) is 56.0 Å². The molecule has 3 heterocycles. The lowest BCUT2D eigenvalue weighted by Gasteiger charge is -2.20. The Morgan fingerprint density at radius 3 is 0.891 bits per heavy atom. The van der Waals surface area contributed by atoms with Crippen LogP contribution in [0.25, 0.3) is 0 Å². The van der Waals surface area contributed by atoms with Gasteiger partial charge in [-0.05, 0) is 72.8 Å². The second-order valence-electron chi connectivity index (χ2n) is 18.7. The fraction of sp³-hybridized carbons (Fsp3) is 0.100. The van der Waals surface area contributed by atoms with E-state index in [1.807, 2.05) is 0 Å². The molecule has 92 heavy (non-hydrogen) atoms. The van der Waals surface area contributed by atoms with Gasteiger partial charge in [-0.2, -0.15) is 0 Å². The van der Waals surface area contributed by atoms with E-state index in [1.54, 1.807) is 0 Å². The molecular formula is C60H42Cl6F3N6O16P. The first-order valence-corrected chi connectivity index (χ1v) is 29.7. The van der Waals surface area contributed by atoms with Crippen molar-refractivity contribution in [3.8, 4) is 51.7 Å². The Labute approximate surface area is 547 Å². The maximum absolute atomic E-state index is 14.6. The first-order chi connectivity index (χ1) is 43.9. The molecule has 3 aromatic heterocycles. The van der Waals surface area contributed by atoms with Gasteiger partial charge in [0, 0.05) is 90.2 Å². The number of rotatable bonds is 24. The third-order valence-electron chi connectivity index (χ3n) is 12.7. The number of carbonyl (C=O) groups is 3. The van der Waals surface area contributed by atoms with Crippen LogP contribution in [0.1, 0.15) is 31.1 Å². The Bertz CT molecular complexity index is 4170. The van der Waals surface area contributed by atoms with Crippen LogP contribution in [0, 0.1) is 17.5 Å². The van der Waals surface area contributed by atoms with E-state index < -0.39 is 79.9 Å². The molecule has 0 bridgehead atoms. The average molecular weight is 1400 g/mol. The zero-order valence-corrected chi connectivity index (χ0v) is 52.6. The van der Waals surface area contributed by atoms with Gasteiger partial charge in [0.05, 0.1) is 68.2 Å². The van der Waals surface area contributed by atoms with Gasteiger partial charge in [0.15, 0.2) is 34.5 Å². The van der Waals surface area contributed by atoms with E-state index in [1.165, 1.54) is 94.1 Å². The van der Waals surface area contributed by atoms with Crippen molar-refractivity contribution in [1.82, 2.24) is 13.7 Å². The molecule has 476 valence electrons. The number of ether oxygens (including phenoxy) is 6. The molecule has 0 aliphatic carbocycles. The Kier molecular flexibility index (Phi) is 21.6. The summed E-state index contributed by atoms with van der Waals surface area (Å²) < 4.78 is 109. The summed E-state index contributed by atoms with van der Waals surface area (Å²) in [7, 11) is -1.21. The van der Waals surface area contributed by atoms with E-state index >= 15 is 0 Å². The number of benzene rings is 6. The van der Waals surface area contributed by atoms with E-state index in [0.29, 0.717) is 0 Å². The number of methoxy groups -OCH3 is 3. The number of pyridine rings is 3. The first-order valence-electron chi connectivity index (χ1n) is 26.0. The molecule has 0 aliphatic heterocycles. The molecule has 0 atom stereocenters. The number of hydrogen-bond donors (Lipinski definition) is 3. The van der Waals surface area contributed by atoms with Crippen LogP contribution < -0.4 is 61.0 Å². The van der Waals surface area contributed by atoms with Crippen molar-refractivity contribution in [3.63, 3.8) is 0 Å². The number of amides is 3. The highest BCUT2D eigenvalue weighted by Gasteiger charge is 2.30. The zero-order chi connectivity index (χ0) is 66.1. The van der Waals surface area contributed by atoms with E-state index in [-0.39, 0.29) is 116 Å². The smallest absolute Gasteiger partial charge is 0.480 e. The predicted octanol–water partition coefficient (Wildman–Crippen LogP) is 15.1. The predicted molar refractivity (Wildman–Crippen MR) is 335 cm³/mol. The van der Waals surface area contributed by atoms with Crippen molar-refractivity contribution in [3.05, 3.63) is 241 Å². The van der Waals surface area contributed by atoms with E-state index in [4.69, 9.17) is 112 Å². The molecule has 0 aliphatic rings. The maximum Gasteiger partial charge on any atom is 0.480 e. The summed E-state index contributed by atoms with van der Waals surface area (Å²) in [6.07, 6.45) is 3.39. The van der Waals surface area contributed by atoms with Crippen LogP contribution in [0.3, 0.4) is 0 Å². The molecule has 0 fully saturated rings. The summed E-state index contributed by atoms with van der Waals surface area (Å²) in [6.45, 7) is -2.68. The molecule has 0 saturated heterocycles. The number of phosphoric ester groups is 1. The normalized spacial score (nSPS) is 11.2. The van der Waals surface area contributed by atoms with E-state index in [2.05, 4.69) is 16.0 Å². The van der Waals surface area contributed by atoms with Crippen LogP contribution in [-0.2, 0) is 38.3 Å². The minimum atomic E-state index is -5.04. The summed E-state index contributed by atoms with van der Waals surface area (Å²) in [6, 6.07) is 24.2. The summed E-state index contributed by atoms with van der Waals surface area (Å²) in [5.74, 6) is -4.83. The number of nitrogens with zero attached hydrogens (tertiary/aromatic N) is 3.